The van der Waals surface area contributed by atoms with Gasteiger partial charge in [0.15, 0.2) is 11.5 Å². The summed E-state index contributed by atoms with van der Waals surface area (Å²) in [5.74, 6) is 1.55. The van der Waals surface area contributed by atoms with Crippen LogP contribution < -0.4 is 20.1 Å². The van der Waals surface area contributed by atoms with E-state index in [1.54, 1.807) is 18.2 Å². The quantitative estimate of drug-likeness (QED) is 0.855. The van der Waals surface area contributed by atoms with E-state index in [1.807, 2.05) is 30.3 Å². The summed E-state index contributed by atoms with van der Waals surface area (Å²) in [5, 5.41) is 6.46. The van der Waals surface area contributed by atoms with Gasteiger partial charge in [-0.3, -0.25) is 4.79 Å². The van der Waals surface area contributed by atoms with Gasteiger partial charge in [-0.05, 0) is 36.2 Å². The zero-order valence-electron chi connectivity index (χ0n) is 13.9. The van der Waals surface area contributed by atoms with Gasteiger partial charge in [-0.15, -0.1) is 0 Å². The molecule has 1 aliphatic heterocycles. The summed E-state index contributed by atoms with van der Waals surface area (Å²) in [7, 11) is 0. The van der Waals surface area contributed by atoms with Crippen molar-refractivity contribution in [3.05, 3.63) is 54.1 Å². The molecule has 5 heteroatoms. The molecular weight excluding hydrogens is 304 g/mol. The lowest BCUT2D eigenvalue weighted by Gasteiger charge is -2.24. The fraction of sp³-hybridized carbons (Fsp3) is 0.316. The van der Waals surface area contributed by atoms with Gasteiger partial charge in [0.05, 0.1) is 0 Å². The molecule has 0 radical (unpaired) electrons. The van der Waals surface area contributed by atoms with E-state index < -0.39 is 0 Å². The second kappa shape index (κ2) is 7.25. The fourth-order valence-electron chi connectivity index (χ4n) is 2.54. The minimum atomic E-state index is -0.117. The first-order valence-electron chi connectivity index (χ1n) is 8.13. The average Bonchev–Trinajstić information content (AvgIpc) is 3.06. The number of ether oxygens (including phenoxy) is 2. The van der Waals surface area contributed by atoms with Crippen molar-refractivity contribution < 1.29 is 14.3 Å². The molecule has 1 heterocycles. The summed E-state index contributed by atoms with van der Waals surface area (Å²) < 4.78 is 10.6. The van der Waals surface area contributed by atoms with Gasteiger partial charge >= 0.3 is 0 Å². The first kappa shape index (κ1) is 16.2. The Morgan fingerprint density at radius 3 is 2.58 bits per heavy atom. The van der Waals surface area contributed by atoms with Crippen molar-refractivity contribution in [2.45, 2.75) is 19.9 Å². The van der Waals surface area contributed by atoms with Crippen molar-refractivity contribution >= 4 is 11.6 Å². The monoisotopic (exact) mass is 326 g/mol. The predicted octanol–water partition coefficient (Wildman–Crippen LogP) is 3.28. The fourth-order valence-corrected chi connectivity index (χ4v) is 2.54. The van der Waals surface area contributed by atoms with Crippen molar-refractivity contribution in [2.24, 2.45) is 5.92 Å². The number of anilines is 1. The third-order valence-corrected chi connectivity index (χ3v) is 4.05. The number of benzene rings is 2. The van der Waals surface area contributed by atoms with E-state index in [0.29, 0.717) is 29.5 Å². The number of amides is 1. The molecule has 0 saturated carbocycles. The van der Waals surface area contributed by atoms with E-state index in [0.717, 1.165) is 5.69 Å². The molecule has 0 aliphatic carbocycles. The van der Waals surface area contributed by atoms with Crippen LogP contribution in [-0.2, 0) is 0 Å². The van der Waals surface area contributed by atoms with Crippen molar-refractivity contribution in [3.63, 3.8) is 0 Å². The van der Waals surface area contributed by atoms with Crippen LogP contribution in [0, 0.1) is 5.92 Å². The van der Waals surface area contributed by atoms with Gasteiger partial charge in [0.1, 0.15) is 0 Å². The van der Waals surface area contributed by atoms with Gasteiger partial charge in [-0.25, -0.2) is 0 Å². The van der Waals surface area contributed by atoms with Gasteiger partial charge < -0.3 is 20.1 Å². The van der Waals surface area contributed by atoms with Gasteiger partial charge in [-0.1, -0.05) is 32.0 Å². The Bertz CT molecular complexity index is 701. The number of carbonyl (C=O) groups excluding carboxylic acids is 1. The molecule has 5 nitrogen and oxygen atoms in total. The smallest absolute Gasteiger partial charge is 0.251 e. The third kappa shape index (κ3) is 3.79. The van der Waals surface area contributed by atoms with Crippen LogP contribution in [0.2, 0.25) is 0 Å². The Balaban J connectivity index is 1.61. The molecule has 1 aliphatic rings. The molecule has 0 bridgehead atoms. The Morgan fingerprint density at radius 1 is 1.08 bits per heavy atom. The number of carbonyl (C=O) groups is 1. The molecule has 1 amide bonds. The van der Waals surface area contributed by atoms with Crippen molar-refractivity contribution in [3.8, 4) is 11.5 Å². The topological polar surface area (TPSA) is 59.6 Å². The second-order valence-electron chi connectivity index (χ2n) is 6.14. The standard InChI is InChI=1S/C19H22N2O3/c1-13(2)16(21-15-6-4-3-5-7-15)11-20-19(22)14-8-9-17-18(10-14)24-12-23-17/h3-10,13,16,21H,11-12H2,1-2H3,(H,20,22). The molecule has 126 valence electrons. The van der Waals surface area contributed by atoms with E-state index in [1.165, 1.54) is 0 Å². The normalized spacial score (nSPS) is 13.6. The molecule has 1 atom stereocenters. The van der Waals surface area contributed by atoms with Gasteiger partial charge in [0.25, 0.3) is 5.91 Å². The van der Waals surface area contributed by atoms with Crippen LogP contribution in [0.5, 0.6) is 11.5 Å². The second-order valence-corrected chi connectivity index (χ2v) is 6.14. The number of hydrogen-bond acceptors (Lipinski definition) is 4. The Hall–Kier alpha value is -2.69. The lowest BCUT2D eigenvalue weighted by atomic mass is 10.0. The SMILES string of the molecule is CC(C)C(CNC(=O)c1ccc2c(c1)OCO2)Nc1ccccc1. The van der Waals surface area contributed by atoms with Crippen molar-refractivity contribution in [2.75, 3.05) is 18.7 Å². The van der Waals surface area contributed by atoms with Crippen LogP contribution in [0.1, 0.15) is 24.2 Å². The molecule has 0 saturated heterocycles. The average molecular weight is 326 g/mol. The lowest BCUT2D eigenvalue weighted by Crippen LogP contribution is -2.39. The van der Waals surface area contributed by atoms with Crippen molar-refractivity contribution in [1.82, 2.24) is 5.32 Å². The van der Waals surface area contributed by atoms with Gasteiger partial charge in [0, 0.05) is 23.8 Å². The summed E-state index contributed by atoms with van der Waals surface area (Å²) in [4.78, 5) is 12.4. The Morgan fingerprint density at radius 2 is 1.83 bits per heavy atom. The molecule has 24 heavy (non-hydrogen) atoms. The van der Waals surface area contributed by atoms with E-state index >= 15 is 0 Å². The molecule has 1 unspecified atom stereocenters. The van der Waals surface area contributed by atoms with Crippen LogP contribution >= 0.6 is 0 Å². The maximum Gasteiger partial charge on any atom is 0.251 e. The van der Waals surface area contributed by atoms with E-state index in [9.17, 15) is 4.79 Å². The maximum atomic E-state index is 12.4. The molecular formula is C19H22N2O3. The number of hydrogen-bond donors (Lipinski definition) is 2. The third-order valence-electron chi connectivity index (χ3n) is 4.05. The lowest BCUT2D eigenvalue weighted by molar-refractivity contribution is 0.0950. The van der Waals surface area contributed by atoms with E-state index in [2.05, 4.69) is 24.5 Å². The molecule has 3 rings (SSSR count). The molecule has 2 aromatic rings. The summed E-state index contributed by atoms with van der Waals surface area (Å²) in [6, 6.07) is 15.4. The first-order chi connectivity index (χ1) is 11.6. The molecule has 0 fully saturated rings. The largest absolute Gasteiger partial charge is 0.454 e. The number of fused-ring (bicyclic) bond motifs is 1. The maximum absolute atomic E-state index is 12.4. The van der Waals surface area contributed by atoms with Crippen molar-refractivity contribution in [1.29, 1.82) is 0 Å². The summed E-state index contributed by atoms with van der Waals surface area (Å²) in [5.41, 5.74) is 1.62. The zero-order chi connectivity index (χ0) is 16.9. The van der Waals surface area contributed by atoms with Gasteiger partial charge in [-0.2, -0.15) is 0 Å². The van der Waals surface area contributed by atoms with E-state index in [-0.39, 0.29) is 18.7 Å². The summed E-state index contributed by atoms with van der Waals surface area (Å²) >= 11 is 0. The van der Waals surface area contributed by atoms with Gasteiger partial charge in [0.2, 0.25) is 6.79 Å². The van der Waals surface area contributed by atoms with E-state index in [4.69, 9.17) is 9.47 Å². The molecule has 0 aromatic heterocycles. The Labute approximate surface area is 142 Å². The highest BCUT2D eigenvalue weighted by atomic mass is 16.7. The predicted molar refractivity (Wildman–Crippen MR) is 93.6 cm³/mol. The molecule has 0 spiro atoms. The van der Waals surface area contributed by atoms with Crippen LogP contribution in [0.15, 0.2) is 48.5 Å². The highest BCUT2D eigenvalue weighted by Crippen LogP contribution is 2.32. The summed E-state index contributed by atoms with van der Waals surface area (Å²) in [6.45, 7) is 5.01. The first-order valence-corrected chi connectivity index (χ1v) is 8.13. The number of para-hydroxylation sites is 1. The van der Waals surface area contributed by atoms with Crippen LogP contribution in [0.4, 0.5) is 5.69 Å². The summed E-state index contributed by atoms with van der Waals surface area (Å²) in [6.07, 6.45) is 0. The van der Waals surface area contributed by atoms with Crippen LogP contribution in [0.3, 0.4) is 0 Å². The minimum absolute atomic E-state index is 0.117. The highest BCUT2D eigenvalue weighted by Gasteiger charge is 2.18. The van der Waals surface area contributed by atoms with Crippen LogP contribution in [0.25, 0.3) is 0 Å². The molecule has 2 N–H and O–H groups in total. The number of nitrogens with one attached hydrogen (secondary N) is 2. The minimum Gasteiger partial charge on any atom is -0.454 e. The Kier molecular flexibility index (Phi) is 4.89. The zero-order valence-corrected chi connectivity index (χ0v) is 13.9. The number of rotatable bonds is 6. The highest BCUT2D eigenvalue weighted by molar-refractivity contribution is 5.95. The molecule has 2 aromatic carbocycles. The van der Waals surface area contributed by atoms with Crippen LogP contribution in [-0.4, -0.2) is 25.3 Å².